The smallest absolute Gasteiger partial charge is 0.325 e. The van der Waals surface area contributed by atoms with E-state index in [4.69, 9.17) is 13.9 Å². The molecule has 6 nitrogen and oxygen atoms in total. The van der Waals surface area contributed by atoms with Crippen LogP contribution in [0.2, 0.25) is 0 Å². The molecule has 0 unspecified atom stereocenters. The van der Waals surface area contributed by atoms with Crippen molar-refractivity contribution < 1.29 is 23.5 Å². The fourth-order valence-corrected chi connectivity index (χ4v) is 2.91. The van der Waals surface area contributed by atoms with Crippen LogP contribution in [0, 0.1) is 0 Å². The number of hydrogen-bond acceptors (Lipinski definition) is 5. The molecule has 146 valence electrons. The second kappa shape index (κ2) is 8.61. The Balaban J connectivity index is 1.96. The number of esters is 1. The van der Waals surface area contributed by atoms with Gasteiger partial charge in [0.05, 0.1) is 7.11 Å². The van der Waals surface area contributed by atoms with Crippen LogP contribution in [0.1, 0.15) is 30.0 Å². The predicted molar refractivity (Wildman–Crippen MR) is 105 cm³/mol. The van der Waals surface area contributed by atoms with Gasteiger partial charge in [-0.1, -0.05) is 36.4 Å². The molecule has 0 aliphatic heterocycles. The van der Waals surface area contributed by atoms with E-state index in [9.17, 15) is 9.59 Å². The van der Waals surface area contributed by atoms with Crippen LogP contribution in [0.3, 0.4) is 0 Å². The summed E-state index contributed by atoms with van der Waals surface area (Å²) in [5.74, 6) is 0.0136. The lowest BCUT2D eigenvalue weighted by atomic mass is 10.1. The Morgan fingerprint density at radius 3 is 2.39 bits per heavy atom. The first kappa shape index (κ1) is 19.5. The summed E-state index contributed by atoms with van der Waals surface area (Å²) in [5.41, 5.74) is 1.25. The third-order valence-corrected chi connectivity index (χ3v) is 4.43. The average Bonchev–Trinajstić information content (AvgIpc) is 3.09. The molecular formula is C22H23NO5. The van der Waals surface area contributed by atoms with Crippen LogP contribution in [-0.2, 0) is 16.1 Å². The lowest BCUT2D eigenvalue weighted by molar-refractivity contribution is -0.141. The third-order valence-electron chi connectivity index (χ3n) is 4.43. The zero-order valence-electron chi connectivity index (χ0n) is 16.2. The Morgan fingerprint density at radius 1 is 1.04 bits per heavy atom. The largest absolute Gasteiger partial charge is 0.489 e. The maximum absolute atomic E-state index is 13.2. The highest BCUT2D eigenvalue weighted by Gasteiger charge is 2.28. The van der Waals surface area contributed by atoms with E-state index in [1.54, 1.807) is 6.07 Å². The summed E-state index contributed by atoms with van der Waals surface area (Å²) in [6.45, 7) is 3.70. The number of carbonyl (C=O) groups is 2. The van der Waals surface area contributed by atoms with Gasteiger partial charge in [-0.2, -0.15) is 0 Å². The minimum Gasteiger partial charge on any atom is -0.489 e. The minimum absolute atomic E-state index is 0.150. The molecule has 3 aromatic rings. The van der Waals surface area contributed by atoms with Crippen molar-refractivity contribution in [3.8, 4) is 5.75 Å². The summed E-state index contributed by atoms with van der Waals surface area (Å²) in [6.07, 6.45) is 0. The number of rotatable bonds is 7. The molecule has 0 aliphatic carbocycles. The second-order valence-corrected chi connectivity index (χ2v) is 6.61. The van der Waals surface area contributed by atoms with E-state index in [2.05, 4.69) is 0 Å². The molecule has 28 heavy (non-hydrogen) atoms. The summed E-state index contributed by atoms with van der Waals surface area (Å²) in [6, 6.07) is 16.6. The number of para-hydroxylation sites is 2. The van der Waals surface area contributed by atoms with E-state index < -0.39 is 5.97 Å². The molecule has 0 fully saturated rings. The van der Waals surface area contributed by atoms with Crippen LogP contribution in [0.15, 0.2) is 59.0 Å². The SMILES string of the molecule is COC(=O)CN(C(=O)c1oc2ccccc2c1COc1ccccc1)C(C)C. The average molecular weight is 381 g/mol. The minimum atomic E-state index is -0.486. The summed E-state index contributed by atoms with van der Waals surface area (Å²) in [5, 5.41) is 0.809. The van der Waals surface area contributed by atoms with Crippen LogP contribution in [0.4, 0.5) is 0 Å². The van der Waals surface area contributed by atoms with Gasteiger partial charge in [0, 0.05) is 17.0 Å². The molecule has 0 N–H and O–H groups in total. The van der Waals surface area contributed by atoms with Crippen molar-refractivity contribution in [3.05, 3.63) is 65.9 Å². The Labute approximate surface area is 163 Å². The molecular weight excluding hydrogens is 358 g/mol. The molecule has 1 heterocycles. The Kier molecular flexibility index (Phi) is 5.99. The van der Waals surface area contributed by atoms with Crippen molar-refractivity contribution in [1.82, 2.24) is 4.90 Å². The molecule has 0 saturated heterocycles. The zero-order chi connectivity index (χ0) is 20.1. The van der Waals surface area contributed by atoms with Gasteiger partial charge in [0.15, 0.2) is 5.76 Å². The normalized spacial score (nSPS) is 10.9. The highest BCUT2D eigenvalue weighted by atomic mass is 16.5. The number of furan rings is 1. The number of benzene rings is 2. The van der Waals surface area contributed by atoms with Crippen LogP contribution < -0.4 is 4.74 Å². The van der Waals surface area contributed by atoms with Crippen LogP contribution in [0.5, 0.6) is 5.75 Å². The van der Waals surface area contributed by atoms with Crippen molar-refractivity contribution in [2.75, 3.05) is 13.7 Å². The van der Waals surface area contributed by atoms with Gasteiger partial charge in [-0.05, 0) is 32.0 Å². The van der Waals surface area contributed by atoms with Crippen molar-refractivity contribution >= 4 is 22.8 Å². The second-order valence-electron chi connectivity index (χ2n) is 6.61. The molecule has 0 saturated carbocycles. The quantitative estimate of drug-likeness (QED) is 0.578. The van der Waals surface area contributed by atoms with E-state index in [-0.39, 0.29) is 30.9 Å². The van der Waals surface area contributed by atoms with E-state index in [0.29, 0.717) is 16.9 Å². The van der Waals surface area contributed by atoms with Gasteiger partial charge in [-0.25, -0.2) is 0 Å². The number of amides is 1. The van der Waals surface area contributed by atoms with E-state index in [1.165, 1.54) is 12.0 Å². The standard InChI is InChI=1S/C22H23NO5/c1-15(2)23(13-20(24)26-3)22(25)21-18(14-27-16-9-5-4-6-10-16)17-11-7-8-12-19(17)28-21/h4-12,15H,13-14H2,1-3H3. The fraction of sp³-hybridized carbons (Fsp3) is 0.273. The first-order valence-corrected chi connectivity index (χ1v) is 9.07. The van der Waals surface area contributed by atoms with Gasteiger partial charge in [-0.15, -0.1) is 0 Å². The van der Waals surface area contributed by atoms with Crippen molar-refractivity contribution in [2.45, 2.75) is 26.5 Å². The molecule has 0 aliphatic rings. The molecule has 6 heteroatoms. The van der Waals surface area contributed by atoms with Crippen LogP contribution in [0.25, 0.3) is 11.0 Å². The summed E-state index contributed by atoms with van der Waals surface area (Å²) < 4.78 is 16.5. The van der Waals surface area contributed by atoms with E-state index in [1.807, 2.05) is 62.4 Å². The first-order valence-electron chi connectivity index (χ1n) is 9.07. The summed E-state index contributed by atoms with van der Waals surface area (Å²) in [4.78, 5) is 26.4. The number of methoxy groups -OCH3 is 1. The molecule has 2 aromatic carbocycles. The van der Waals surface area contributed by atoms with Gasteiger partial charge in [-0.3, -0.25) is 9.59 Å². The molecule has 1 amide bonds. The lowest BCUT2D eigenvalue weighted by Crippen LogP contribution is -2.41. The Bertz CT molecular complexity index is 961. The monoisotopic (exact) mass is 381 g/mol. The maximum atomic E-state index is 13.2. The van der Waals surface area contributed by atoms with Crippen molar-refractivity contribution in [3.63, 3.8) is 0 Å². The first-order chi connectivity index (χ1) is 13.5. The van der Waals surface area contributed by atoms with Crippen molar-refractivity contribution in [1.29, 1.82) is 0 Å². The number of carbonyl (C=O) groups excluding carboxylic acids is 2. The molecule has 3 rings (SSSR count). The molecule has 1 aromatic heterocycles. The number of hydrogen-bond donors (Lipinski definition) is 0. The fourth-order valence-electron chi connectivity index (χ4n) is 2.91. The number of nitrogens with zero attached hydrogens (tertiary/aromatic N) is 1. The topological polar surface area (TPSA) is 69.0 Å². The lowest BCUT2D eigenvalue weighted by Gasteiger charge is -2.24. The van der Waals surface area contributed by atoms with Crippen LogP contribution >= 0.6 is 0 Å². The third kappa shape index (κ3) is 4.17. The summed E-state index contributed by atoms with van der Waals surface area (Å²) in [7, 11) is 1.30. The van der Waals surface area contributed by atoms with Gasteiger partial charge >= 0.3 is 5.97 Å². The molecule has 0 radical (unpaired) electrons. The van der Waals surface area contributed by atoms with Gasteiger partial charge in [0.25, 0.3) is 5.91 Å². The van der Waals surface area contributed by atoms with Crippen LogP contribution in [-0.4, -0.2) is 36.5 Å². The molecule has 0 bridgehead atoms. The van der Waals surface area contributed by atoms with Gasteiger partial charge < -0.3 is 18.8 Å². The van der Waals surface area contributed by atoms with Gasteiger partial charge in [0.2, 0.25) is 0 Å². The van der Waals surface area contributed by atoms with Crippen molar-refractivity contribution in [2.24, 2.45) is 0 Å². The molecule has 0 atom stereocenters. The zero-order valence-corrected chi connectivity index (χ0v) is 16.2. The Morgan fingerprint density at radius 2 is 1.71 bits per heavy atom. The highest BCUT2D eigenvalue weighted by Crippen LogP contribution is 2.28. The van der Waals surface area contributed by atoms with E-state index >= 15 is 0 Å². The highest BCUT2D eigenvalue weighted by molar-refractivity contribution is 6.00. The molecule has 0 spiro atoms. The van der Waals surface area contributed by atoms with E-state index in [0.717, 1.165) is 5.39 Å². The summed E-state index contributed by atoms with van der Waals surface area (Å²) >= 11 is 0. The van der Waals surface area contributed by atoms with Gasteiger partial charge in [0.1, 0.15) is 24.5 Å². The predicted octanol–water partition coefficient (Wildman–Crippen LogP) is 4.04. The number of ether oxygens (including phenoxy) is 2. The Hall–Kier alpha value is -3.28. The maximum Gasteiger partial charge on any atom is 0.325 e. The number of fused-ring (bicyclic) bond motifs is 1.